The Morgan fingerprint density at radius 1 is 0.935 bits per heavy atom. The summed E-state index contributed by atoms with van der Waals surface area (Å²) in [6.45, 7) is 7.08. The van der Waals surface area contributed by atoms with Gasteiger partial charge >= 0.3 is 12.1 Å². The van der Waals surface area contributed by atoms with Crippen molar-refractivity contribution < 1.29 is 28.6 Å². The second-order valence-electron chi connectivity index (χ2n) is 8.13. The second-order valence-corrected chi connectivity index (χ2v) is 8.13. The molecule has 166 valence electrons. The smallest absolute Gasteiger partial charge is 0.408 e. The van der Waals surface area contributed by atoms with E-state index in [2.05, 4.69) is 10.1 Å². The van der Waals surface area contributed by atoms with Gasteiger partial charge in [-0.05, 0) is 69.5 Å². The summed E-state index contributed by atoms with van der Waals surface area (Å²) in [5, 5.41) is 2.62. The molecule has 0 saturated heterocycles. The molecule has 1 unspecified atom stereocenters. The van der Waals surface area contributed by atoms with Gasteiger partial charge in [0, 0.05) is 0 Å². The fraction of sp³-hybridized carbons (Fsp3) is 0.375. The fourth-order valence-electron chi connectivity index (χ4n) is 2.73. The molecule has 0 fully saturated rings. The van der Waals surface area contributed by atoms with Gasteiger partial charge in [-0.3, -0.25) is 4.79 Å². The normalized spacial score (nSPS) is 11.9. The maximum Gasteiger partial charge on any atom is 0.408 e. The van der Waals surface area contributed by atoms with Gasteiger partial charge in [-0.15, -0.1) is 0 Å². The predicted molar refractivity (Wildman–Crippen MR) is 116 cm³/mol. The van der Waals surface area contributed by atoms with Crippen molar-refractivity contribution in [2.75, 3.05) is 7.11 Å². The second kappa shape index (κ2) is 10.6. The van der Waals surface area contributed by atoms with Gasteiger partial charge in [0.15, 0.2) is 5.78 Å². The highest BCUT2D eigenvalue weighted by Gasteiger charge is 2.22. The van der Waals surface area contributed by atoms with Crippen LogP contribution in [0.1, 0.15) is 49.2 Å². The van der Waals surface area contributed by atoms with Crippen LogP contribution in [0.25, 0.3) is 0 Å². The first kappa shape index (κ1) is 23.9. The average molecular weight is 427 g/mol. The van der Waals surface area contributed by atoms with E-state index in [0.29, 0.717) is 24.3 Å². The Kier molecular flexibility index (Phi) is 8.19. The largest absolute Gasteiger partial charge is 0.489 e. The molecule has 2 rings (SSSR count). The molecular formula is C24H29NO6. The number of esters is 1. The van der Waals surface area contributed by atoms with Crippen molar-refractivity contribution in [3.05, 3.63) is 65.2 Å². The maximum atomic E-state index is 12.0. The average Bonchev–Trinajstić information content (AvgIpc) is 2.71. The molecule has 0 aliphatic rings. The van der Waals surface area contributed by atoms with E-state index in [9.17, 15) is 14.4 Å². The Balaban J connectivity index is 1.92. The fourth-order valence-corrected chi connectivity index (χ4v) is 2.73. The van der Waals surface area contributed by atoms with Crippen molar-refractivity contribution in [3.8, 4) is 5.75 Å². The molecule has 2 aromatic carbocycles. The summed E-state index contributed by atoms with van der Waals surface area (Å²) < 4.78 is 15.7. The molecule has 7 nitrogen and oxygen atoms in total. The van der Waals surface area contributed by atoms with Crippen LogP contribution in [-0.2, 0) is 27.3 Å². The number of methoxy groups -OCH3 is 1. The predicted octanol–water partition coefficient (Wildman–Crippen LogP) is 4.08. The summed E-state index contributed by atoms with van der Waals surface area (Å²) in [5.74, 6) is 0.134. The van der Waals surface area contributed by atoms with Crippen LogP contribution in [0.3, 0.4) is 0 Å². The molecule has 0 aliphatic heterocycles. The molecule has 2 aromatic rings. The minimum atomic E-state index is -0.671. The summed E-state index contributed by atoms with van der Waals surface area (Å²) in [4.78, 5) is 35.4. The number of ketones is 1. The number of benzene rings is 2. The van der Waals surface area contributed by atoms with Gasteiger partial charge < -0.3 is 19.5 Å². The van der Waals surface area contributed by atoms with Gasteiger partial charge in [-0.25, -0.2) is 9.59 Å². The highest BCUT2D eigenvalue weighted by Crippen LogP contribution is 2.16. The van der Waals surface area contributed by atoms with Crippen LogP contribution in [-0.4, -0.2) is 36.6 Å². The Morgan fingerprint density at radius 3 is 2.03 bits per heavy atom. The zero-order chi connectivity index (χ0) is 23.0. The zero-order valence-electron chi connectivity index (χ0n) is 18.6. The molecule has 0 heterocycles. The van der Waals surface area contributed by atoms with Gasteiger partial charge in [0.25, 0.3) is 0 Å². The van der Waals surface area contributed by atoms with Crippen molar-refractivity contribution in [2.24, 2.45) is 0 Å². The number of carbonyl (C=O) groups is 3. The number of alkyl carbamates (subject to hydrolysis) is 1. The van der Waals surface area contributed by atoms with E-state index in [-0.39, 0.29) is 11.8 Å². The number of nitrogens with one attached hydrogen (secondary N) is 1. The number of Topliss-reactive ketones (excluding diaryl/α,β-unsaturated/α-hetero) is 1. The van der Waals surface area contributed by atoms with Crippen LogP contribution in [0.2, 0.25) is 0 Å². The van der Waals surface area contributed by atoms with E-state index in [1.165, 1.54) is 14.0 Å². The monoisotopic (exact) mass is 427 g/mol. The first-order valence-electron chi connectivity index (χ1n) is 9.96. The van der Waals surface area contributed by atoms with Gasteiger partial charge in [-0.2, -0.15) is 0 Å². The first-order chi connectivity index (χ1) is 14.6. The van der Waals surface area contributed by atoms with Crippen LogP contribution in [0.15, 0.2) is 48.5 Å². The van der Waals surface area contributed by atoms with Crippen molar-refractivity contribution in [1.82, 2.24) is 5.32 Å². The summed E-state index contributed by atoms with van der Waals surface area (Å²) in [6.07, 6.45) is -0.269. The highest BCUT2D eigenvalue weighted by atomic mass is 16.6. The third-order valence-corrected chi connectivity index (χ3v) is 4.33. The molecule has 0 bridgehead atoms. The molecule has 0 radical (unpaired) electrons. The van der Waals surface area contributed by atoms with E-state index in [1.807, 2.05) is 24.3 Å². The van der Waals surface area contributed by atoms with Gasteiger partial charge in [-0.1, -0.05) is 24.3 Å². The highest BCUT2D eigenvalue weighted by molar-refractivity contribution is 5.89. The number of carbonyl (C=O) groups excluding carboxylic acids is 3. The van der Waals surface area contributed by atoms with Crippen LogP contribution in [0.5, 0.6) is 5.75 Å². The minimum Gasteiger partial charge on any atom is -0.489 e. The maximum absolute atomic E-state index is 12.0. The molecule has 1 amide bonds. The lowest BCUT2D eigenvalue weighted by Crippen LogP contribution is -2.43. The Hall–Kier alpha value is -3.35. The molecule has 7 heteroatoms. The third kappa shape index (κ3) is 8.12. The Labute approximate surface area is 182 Å². The number of hydrogen-bond acceptors (Lipinski definition) is 6. The van der Waals surface area contributed by atoms with Crippen molar-refractivity contribution in [2.45, 2.75) is 52.4 Å². The number of ether oxygens (including phenoxy) is 3. The van der Waals surface area contributed by atoms with E-state index < -0.39 is 17.7 Å². The molecule has 31 heavy (non-hydrogen) atoms. The zero-order valence-corrected chi connectivity index (χ0v) is 18.6. The third-order valence-electron chi connectivity index (χ3n) is 4.33. The van der Waals surface area contributed by atoms with Crippen LogP contribution in [0.4, 0.5) is 4.79 Å². The number of hydrogen-bond donors (Lipinski definition) is 1. The SMILES string of the molecule is COC(=O)c1ccc(COc2ccc(CC(NC(=O)OC(C)(C)C)C(C)=O)cc2)cc1. The minimum absolute atomic E-state index is 0.151. The molecule has 0 aliphatic carbocycles. The molecule has 0 spiro atoms. The molecule has 1 atom stereocenters. The van der Waals surface area contributed by atoms with Crippen molar-refractivity contribution in [1.29, 1.82) is 0 Å². The lowest BCUT2D eigenvalue weighted by atomic mass is 10.0. The van der Waals surface area contributed by atoms with Gasteiger partial charge in [0.1, 0.15) is 18.0 Å². The quantitative estimate of drug-likeness (QED) is 0.639. The van der Waals surface area contributed by atoms with Gasteiger partial charge in [0.2, 0.25) is 0 Å². The molecular weight excluding hydrogens is 398 g/mol. The Morgan fingerprint density at radius 2 is 1.52 bits per heavy atom. The Bertz CT molecular complexity index is 897. The lowest BCUT2D eigenvalue weighted by molar-refractivity contribution is -0.119. The first-order valence-corrected chi connectivity index (χ1v) is 9.96. The van der Waals surface area contributed by atoms with E-state index in [1.54, 1.807) is 45.0 Å². The van der Waals surface area contributed by atoms with Crippen LogP contribution >= 0.6 is 0 Å². The van der Waals surface area contributed by atoms with E-state index in [4.69, 9.17) is 9.47 Å². The van der Waals surface area contributed by atoms with Crippen molar-refractivity contribution in [3.63, 3.8) is 0 Å². The van der Waals surface area contributed by atoms with Gasteiger partial charge in [0.05, 0.1) is 18.7 Å². The number of amides is 1. The van der Waals surface area contributed by atoms with Crippen LogP contribution < -0.4 is 10.1 Å². The standard InChI is InChI=1S/C24H29NO6/c1-16(26)21(25-23(28)31-24(2,3)4)14-17-8-12-20(13-9-17)30-15-18-6-10-19(11-7-18)22(27)29-5/h6-13,21H,14-15H2,1-5H3,(H,25,28). The van der Waals surface area contributed by atoms with E-state index in [0.717, 1.165) is 11.1 Å². The number of rotatable bonds is 8. The topological polar surface area (TPSA) is 90.9 Å². The molecule has 0 aromatic heterocycles. The summed E-state index contributed by atoms with van der Waals surface area (Å²) in [7, 11) is 1.34. The van der Waals surface area contributed by atoms with Crippen LogP contribution in [0, 0.1) is 0 Å². The van der Waals surface area contributed by atoms with Crippen molar-refractivity contribution >= 4 is 17.8 Å². The summed E-state index contributed by atoms with van der Waals surface area (Å²) in [5.41, 5.74) is 1.64. The summed E-state index contributed by atoms with van der Waals surface area (Å²) >= 11 is 0. The molecule has 0 saturated carbocycles. The summed E-state index contributed by atoms with van der Waals surface area (Å²) in [6, 6.07) is 13.6. The lowest BCUT2D eigenvalue weighted by Gasteiger charge is -2.22. The molecule has 1 N–H and O–H groups in total. The van der Waals surface area contributed by atoms with E-state index >= 15 is 0 Å².